The number of hydrogen-bond donors (Lipinski definition) is 0. The van der Waals surface area contributed by atoms with Gasteiger partial charge in [0, 0.05) is 19.3 Å². The second-order valence-electron chi connectivity index (χ2n) is 5.83. The van der Waals surface area contributed by atoms with Crippen molar-refractivity contribution in [3.8, 4) is 0 Å². The van der Waals surface area contributed by atoms with E-state index in [1.54, 1.807) is 11.8 Å². The third-order valence-corrected chi connectivity index (χ3v) is 3.82. The van der Waals surface area contributed by atoms with Crippen LogP contribution >= 0.6 is 0 Å². The van der Waals surface area contributed by atoms with Crippen LogP contribution in [0.2, 0.25) is 0 Å². The van der Waals surface area contributed by atoms with Crippen LogP contribution < -0.4 is 0 Å². The molecule has 2 rings (SSSR count). The zero-order valence-corrected chi connectivity index (χ0v) is 14.8. The Morgan fingerprint density at radius 2 is 1.96 bits per heavy atom. The molecule has 0 bridgehead atoms. The van der Waals surface area contributed by atoms with Crippen LogP contribution in [0.4, 0.5) is 0 Å². The number of ether oxygens (including phenoxy) is 1. The average Bonchev–Trinajstić information content (AvgIpc) is 2.86. The molecule has 0 unspecified atom stereocenters. The van der Waals surface area contributed by atoms with Gasteiger partial charge in [-0.1, -0.05) is 13.0 Å². The lowest BCUT2D eigenvalue weighted by atomic mass is 10.2. The van der Waals surface area contributed by atoms with Gasteiger partial charge in [-0.05, 0) is 38.8 Å². The lowest BCUT2D eigenvalue weighted by Crippen LogP contribution is -2.35. The van der Waals surface area contributed by atoms with E-state index in [-0.39, 0.29) is 18.3 Å². The predicted octanol–water partition coefficient (Wildman–Crippen LogP) is 2.76. The number of carbonyl (C=O) groups excluding carboxylic acids is 2. The van der Waals surface area contributed by atoms with Gasteiger partial charge in [-0.2, -0.15) is 0 Å². The van der Waals surface area contributed by atoms with E-state index in [0.29, 0.717) is 31.1 Å². The Balaban J connectivity index is 2.27. The molecule has 0 N–H and O–H groups in total. The number of aromatic nitrogens is 2. The highest BCUT2D eigenvalue weighted by molar-refractivity contribution is 5.95. The molecule has 6 nitrogen and oxygen atoms in total. The minimum absolute atomic E-state index is 0.100. The van der Waals surface area contributed by atoms with E-state index >= 15 is 0 Å². The molecular formula is C18H25N3O3. The second kappa shape index (κ2) is 7.95. The molecule has 2 aromatic heterocycles. The van der Waals surface area contributed by atoms with Crippen molar-refractivity contribution in [1.82, 2.24) is 14.3 Å². The SMILES string of the molecule is CCCN(CCC(=O)OCC)C(=O)c1c(C)nc2ccc(C)cn12. The van der Waals surface area contributed by atoms with Crippen molar-refractivity contribution in [3.63, 3.8) is 0 Å². The van der Waals surface area contributed by atoms with Gasteiger partial charge in [0.15, 0.2) is 0 Å². The van der Waals surface area contributed by atoms with Gasteiger partial charge >= 0.3 is 5.97 Å². The third-order valence-electron chi connectivity index (χ3n) is 3.82. The number of pyridine rings is 1. The molecule has 0 spiro atoms. The summed E-state index contributed by atoms with van der Waals surface area (Å²) in [6.45, 7) is 8.90. The Hall–Kier alpha value is -2.37. The van der Waals surface area contributed by atoms with E-state index in [1.807, 2.05) is 43.5 Å². The number of carbonyl (C=O) groups is 2. The Bertz CT molecular complexity index is 736. The highest BCUT2D eigenvalue weighted by Gasteiger charge is 2.22. The molecule has 6 heteroatoms. The zero-order chi connectivity index (χ0) is 17.7. The van der Waals surface area contributed by atoms with Gasteiger partial charge in [0.2, 0.25) is 0 Å². The highest BCUT2D eigenvalue weighted by atomic mass is 16.5. The molecule has 24 heavy (non-hydrogen) atoms. The number of amides is 1. The number of fused-ring (bicyclic) bond motifs is 1. The molecule has 130 valence electrons. The lowest BCUT2D eigenvalue weighted by Gasteiger charge is -2.22. The molecule has 1 amide bonds. The second-order valence-corrected chi connectivity index (χ2v) is 5.83. The highest BCUT2D eigenvalue weighted by Crippen LogP contribution is 2.16. The summed E-state index contributed by atoms with van der Waals surface area (Å²) in [5.74, 6) is -0.381. The Morgan fingerprint density at radius 3 is 2.62 bits per heavy atom. The van der Waals surface area contributed by atoms with E-state index in [2.05, 4.69) is 4.98 Å². The minimum atomic E-state index is -0.280. The molecule has 0 radical (unpaired) electrons. The summed E-state index contributed by atoms with van der Waals surface area (Å²) in [7, 11) is 0. The van der Waals surface area contributed by atoms with Crippen LogP contribution in [0.3, 0.4) is 0 Å². The van der Waals surface area contributed by atoms with Crippen LogP contribution in [0.1, 0.15) is 48.4 Å². The van der Waals surface area contributed by atoms with Crippen LogP contribution in [0, 0.1) is 13.8 Å². The third kappa shape index (κ3) is 3.93. The quantitative estimate of drug-likeness (QED) is 0.732. The first-order chi connectivity index (χ1) is 11.5. The van der Waals surface area contributed by atoms with Crippen LogP contribution in [-0.4, -0.2) is 45.9 Å². The fourth-order valence-electron chi connectivity index (χ4n) is 2.72. The van der Waals surface area contributed by atoms with Gasteiger partial charge in [0.25, 0.3) is 5.91 Å². The monoisotopic (exact) mass is 331 g/mol. The number of aryl methyl sites for hydroxylation is 2. The summed E-state index contributed by atoms with van der Waals surface area (Å²) in [4.78, 5) is 30.8. The Labute approximate surface area is 142 Å². The van der Waals surface area contributed by atoms with Crippen molar-refractivity contribution < 1.29 is 14.3 Å². The molecule has 0 aromatic carbocycles. The normalized spacial score (nSPS) is 10.8. The molecule has 0 atom stereocenters. The lowest BCUT2D eigenvalue weighted by molar-refractivity contribution is -0.143. The molecule has 0 aliphatic carbocycles. The predicted molar refractivity (Wildman–Crippen MR) is 92.1 cm³/mol. The molecule has 2 heterocycles. The maximum Gasteiger partial charge on any atom is 0.307 e. The van der Waals surface area contributed by atoms with Crippen molar-refractivity contribution >= 4 is 17.5 Å². The van der Waals surface area contributed by atoms with Crippen molar-refractivity contribution in [3.05, 3.63) is 35.3 Å². The first-order valence-electron chi connectivity index (χ1n) is 8.38. The van der Waals surface area contributed by atoms with E-state index in [9.17, 15) is 9.59 Å². The van der Waals surface area contributed by atoms with E-state index < -0.39 is 0 Å². The van der Waals surface area contributed by atoms with Crippen LogP contribution in [0.5, 0.6) is 0 Å². The van der Waals surface area contributed by atoms with Crippen molar-refractivity contribution in [2.75, 3.05) is 19.7 Å². The van der Waals surface area contributed by atoms with Gasteiger partial charge in [0.05, 0.1) is 18.7 Å². The molecule has 0 saturated carbocycles. The number of rotatable bonds is 7. The minimum Gasteiger partial charge on any atom is -0.466 e. The number of imidazole rings is 1. The van der Waals surface area contributed by atoms with Gasteiger partial charge < -0.3 is 9.64 Å². The van der Waals surface area contributed by atoms with Gasteiger partial charge in [-0.25, -0.2) is 4.98 Å². The first kappa shape index (κ1) is 18.0. The van der Waals surface area contributed by atoms with Crippen molar-refractivity contribution in [2.45, 2.75) is 40.5 Å². The van der Waals surface area contributed by atoms with Gasteiger partial charge in [0.1, 0.15) is 11.3 Å². The standard InChI is InChI=1S/C18H25N3O3/c1-5-10-20(11-9-16(22)24-6-2)18(23)17-14(4)19-15-8-7-13(3)12-21(15)17/h7-8,12H,5-6,9-11H2,1-4H3. The Morgan fingerprint density at radius 1 is 1.21 bits per heavy atom. The topological polar surface area (TPSA) is 63.9 Å². The summed E-state index contributed by atoms with van der Waals surface area (Å²) in [5, 5.41) is 0. The fourth-order valence-corrected chi connectivity index (χ4v) is 2.72. The largest absolute Gasteiger partial charge is 0.466 e. The van der Waals surface area contributed by atoms with E-state index in [1.165, 1.54) is 0 Å². The maximum absolute atomic E-state index is 13.0. The van der Waals surface area contributed by atoms with E-state index in [4.69, 9.17) is 4.74 Å². The summed E-state index contributed by atoms with van der Waals surface area (Å²) < 4.78 is 6.79. The molecule has 0 aliphatic rings. The molecule has 2 aromatic rings. The average molecular weight is 331 g/mol. The smallest absolute Gasteiger partial charge is 0.307 e. The van der Waals surface area contributed by atoms with Crippen molar-refractivity contribution in [2.24, 2.45) is 0 Å². The maximum atomic E-state index is 13.0. The van der Waals surface area contributed by atoms with Crippen LogP contribution in [-0.2, 0) is 9.53 Å². The summed E-state index contributed by atoms with van der Waals surface area (Å²) in [6, 6.07) is 3.88. The number of esters is 1. The van der Waals surface area contributed by atoms with Gasteiger partial charge in [-0.15, -0.1) is 0 Å². The Kier molecular flexibility index (Phi) is 5.95. The summed E-state index contributed by atoms with van der Waals surface area (Å²) >= 11 is 0. The molecular weight excluding hydrogens is 306 g/mol. The summed E-state index contributed by atoms with van der Waals surface area (Å²) in [5.41, 5.74) is 3.07. The van der Waals surface area contributed by atoms with Crippen LogP contribution in [0.25, 0.3) is 5.65 Å². The molecule has 0 aliphatic heterocycles. The van der Waals surface area contributed by atoms with Crippen molar-refractivity contribution in [1.29, 1.82) is 0 Å². The fraction of sp³-hybridized carbons (Fsp3) is 0.500. The molecule has 0 saturated heterocycles. The van der Waals surface area contributed by atoms with Gasteiger partial charge in [-0.3, -0.25) is 14.0 Å². The first-order valence-corrected chi connectivity index (χ1v) is 8.38. The number of nitrogens with zero attached hydrogens (tertiary/aromatic N) is 3. The number of hydrogen-bond acceptors (Lipinski definition) is 4. The molecule has 0 fully saturated rings. The zero-order valence-electron chi connectivity index (χ0n) is 14.8. The van der Waals surface area contributed by atoms with E-state index in [0.717, 1.165) is 17.6 Å². The van der Waals surface area contributed by atoms with Crippen LogP contribution in [0.15, 0.2) is 18.3 Å². The summed E-state index contributed by atoms with van der Waals surface area (Å²) in [6.07, 6.45) is 2.94.